The van der Waals surface area contributed by atoms with Crippen molar-refractivity contribution in [2.75, 3.05) is 0 Å². The fourth-order valence-electron chi connectivity index (χ4n) is 1.22. The van der Waals surface area contributed by atoms with Crippen LogP contribution in [0.4, 0.5) is 5.69 Å². The van der Waals surface area contributed by atoms with Gasteiger partial charge in [-0.3, -0.25) is 14.9 Å². The van der Waals surface area contributed by atoms with Crippen molar-refractivity contribution in [2.45, 2.75) is 23.6 Å². The predicted molar refractivity (Wildman–Crippen MR) is 68.0 cm³/mol. The molecule has 0 radical (unpaired) electrons. The van der Waals surface area contributed by atoms with E-state index in [1.807, 2.05) is 0 Å². The molecule has 1 rings (SSSR count). The summed E-state index contributed by atoms with van der Waals surface area (Å²) in [5.41, 5.74) is -0.502. The van der Waals surface area contributed by atoms with Crippen LogP contribution in [0.25, 0.3) is 0 Å². The van der Waals surface area contributed by atoms with Gasteiger partial charge in [0, 0.05) is 12.1 Å². The van der Waals surface area contributed by atoms with Gasteiger partial charge in [0.1, 0.15) is 4.21 Å². The van der Waals surface area contributed by atoms with Gasteiger partial charge in [0.05, 0.1) is 11.3 Å². The average molecular weight is 329 g/mol. The number of nitrogens with zero attached hydrogens (tertiary/aromatic N) is 1. The average Bonchev–Trinajstić information content (AvgIpc) is 2.58. The fraction of sp³-hybridized carbons (Fsp3) is 0.375. The summed E-state index contributed by atoms with van der Waals surface area (Å²) in [6.07, 6.45) is -0.402. The van der Waals surface area contributed by atoms with Crippen LogP contribution < -0.4 is 4.72 Å². The van der Waals surface area contributed by atoms with E-state index < -0.39 is 39.1 Å². The second-order valence-electron chi connectivity index (χ2n) is 3.60. The summed E-state index contributed by atoms with van der Waals surface area (Å²) >= 11 is 6.09. The number of hydrogen-bond acceptors (Lipinski definition) is 6. The number of carboxylic acid groups (broad SMARTS) is 1. The van der Waals surface area contributed by atoms with Gasteiger partial charge >= 0.3 is 5.97 Å². The number of thiophene rings is 1. The molecule has 2 N–H and O–H groups in total. The van der Waals surface area contributed by atoms with E-state index in [2.05, 4.69) is 4.72 Å². The number of sulfonamides is 1. The molecule has 0 aliphatic rings. The molecule has 0 aromatic carbocycles. The van der Waals surface area contributed by atoms with Gasteiger partial charge < -0.3 is 5.11 Å². The maximum atomic E-state index is 11.8. The zero-order chi connectivity index (χ0) is 14.8. The van der Waals surface area contributed by atoms with Crippen molar-refractivity contribution in [1.82, 2.24) is 4.72 Å². The highest BCUT2D eigenvalue weighted by molar-refractivity contribution is 7.91. The first-order valence-electron chi connectivity index (χ1n) is 4.81. The van der Waals surface area contributed by atoms with Crippen LogP contribution in [0.1, 0.15) is 13.3 Å². The molecule has 1 heterocycles. The molecular formula is C8H9ClN2O6S2. The molecule has 0 aliphatic heterocycles. The van der Waals surface area contributed by atoms with Crippen molar-refractivity contribution in [3.05, 3.63) is 20.5 Å². The van der Waals surface area contributed by atoms with Crippen LogP contribution in [-0.4, -0.2) is 30.5 Å². The topological polar surface area (TPSA) is 127 Å². The van der Waals surface area contributed by atoms with Gasteiger partial charge in [0.25, 0.3) is 15.7 Å². The Hall–Kier alpha value is -1.23. The molecule has 19 heavy (non-hydrogen) atoms. The standard InChI is InChI=1S/C8H9ClN2O6S2/c1-4(2-6(12)13)10-19(16,17)7-3-5(11(14)15)8(9)18-7/h3-4,10H,2H2,1H3,(H,12,13). The van der Waals surface area contributed by atoms with Crippen molar-refractivity contribution in [3.63, 3.8) is 0 Å². The van der Waals surface area contributed by atoms with E-state index in [0.29, 0.717) is 11.3 Å². The highest BCUT2D eigenvalue weighted by Gasteiger charge is 2.26. The van der Waals surface area contributed by atoms with Gasteiger partial charge in [-0.25, -0.2) is 13.1 Å². The summed E-state index contributed by atoms with van der Waals surface area (Å²) in [7, 11) is -4.02. The second kappa shape index (κ2) is 5.82. The van der Waals surface area contributed by atoms with Crippen LogP contribution in [0.2, 0.25) is 4.34 Å². The molecule has 1 aromatic heterocycles. The molecule has 0 spiro atoms. The summed E-state index contributed by atoms with van der Waals surface area (Å²) in [4.78, 5) is 20.2. The van der Waals surface area contributed by atoms with Crippen molar-refractivity contribution in [2.24, 2.45) is 0 Å². The molecule has 1 aromatic rings. The Morgan fingerprint density at radius 1 is 1.68 bits per heavy atom. The smallest absolute Gasteiger partial charge is 0.304 e. The van der Waals surface area contributed by atoms with Crippen molar-refractivity contribution in [3.8, 4) is 0 Å². The molecule has 0 bridgehead atoms. The highest BCUT2D eigenvalue weighted by atomic mass is 35.5. The van der Waals surface area contributed by atoms with E-state index in [-0.39, 0.29) is 8.55 Å². The SMILES string of the molecule is CC(CC(=O)O)NS(=O)(=O)c1cc([N+](=O)[O-])c(Cl)s1. The van der Waals surface area contributed by atoms with Crippen LogP contribution in [0.15, 0.2) is 10.3 Å². The zero-order valence-corrected chi connectivity index (χ0v) is 11.9. The minimum absolute atomic E-state index is 0.253. The Kier molecular flexibility index (Phi) is 4.85. The lowest BCUT2D eigenvalue weighted by molar-refractivity contribution is -0.384. The van der Waals surface area contributed by atoms with E-state index in [9.17, 15) is 23.3 Å². The number of nitro groups is 1. The third kappa shape index (κ3) is 4.13. The molecule has 106 valence electrons. The summed E-state index contributed by atoms with van der Waals surface area (Å²) in [5.74, 6) is -1.16. The number of carbonyl (C=O) groups is 1. The Balaban J connectivity index is 2.98. The third-order valence-electron chi connectivity index (χ3n) is 1.94. The summed E-state index contributed by atoms with van der Waals surface area (Å²) in [6, 6.07) is -0.00884. The molecule has 0 saturated carbocycles. The maximum absolute atomic E-state index is 11.8. The zero-order valence-electron chi connectivity index (χ0n) is 9.49. The first-order valence-corrected chi connectivity index (χ1v) is 7.49. The summed E-state index contributed by atoms with van der Waals surface area (Å²) in [6.45, 7) is 1.37. The van der Waals surface area contributed by atoms with Crippen molar-refractivity contribution in [1.29, 1.82) is 0 Å². The minimum atomic E-state index is -4.02. The van der Waals surface area contributed by atoms with Gasteiger partial charge in [-0.05, 0) is 6.92 Å². The molecule has 0 amide bonds. The molecule has 1 atom stereocenters. The van der Waals surface area contributed by atoms with E-state index in [4.69, 9.17) is 16.7 Å². The van der Waals surface area contributed by atoms with Crippen LogP contribution in [-0.2, 0) is 14.8 Å². The number of aliphatic carboxylic acids is 1. The van der Waals surface area contributed by atoms with Crippen LogP contribution in [0.5, 0.6) is 0 Å². The summed E-state index contributed by atoms with van der Waals surface area (Å²) < 4.78 is 25.2. The van der Waals surface area contributed by atoms with E-state index in [0.717, 1.165) is 6.07 Å². The minimum Gasteiger partial charge on any atom is -0.481 e. The van der Waals surface area contributed by atoms with Gasteiger partial charge in [0.2, 0.25) is 0 Å². The van der Waals surface area contributed by atoms with Gasteiger partial charge in [0.15, 0.2) is 4.34 Å². The number of rotatable bonds is 6. The van der Waals surface area contributed by atoms with Crippen LogP contribution in [0, 0.1) is 10.1 Å². The third-order valence-corrected chi connectivity index (χ3v) is 5.35. The van der Waals surface area contributed by atoms with Crippen LogP contribution >= 0.6 is 22.9 Å². The van der Waals surface area contributed by atoms with Gasteiger partial charge in [-0.15, -0.1) is 11.3 Å². The van der Waals surface area contributed by atoms with Crippen molar-refractivity contribution < 1.29 is 23.2 Å². The molecule has 11 heteroatoms. The maximum Gasteiger partial charge on any atom is 0.304 e. The largest absolute Gasteiger partial charge is 0.481 e. The second-order valence-corrected chi connectivity index (χ2v) is 7.20. The molecule has 0 saturated heterocycles. The van der Waals surface area contributed by atoms with Gasteiger partial charge in [-0.2, -0.15) is 0 Å². The van der Waals surface area contributed by atoms with E-state index >= 15 is 0 Å². The first kappa shape index (κ1) is 15.8. The van der Waals surface area contributed by atoms with Crippen LogP contribution in [0.3, 0.4) is 0 Å². The Morgan fingerprint density at radius 3 is 2.68 bits per heavy atom. The summed E-state index contributed by atoms with van der Waals surface area (Å²) in [5, 5.41) is 19.1. The lowest BCUT2D eigenvalue weighted by Crippen LogP contribution is -2.33. The molecular weight excluding hydrogens is 320 g/mol. The van der Waals surface area contributed by atoms with Crippen molar-refractivity contribution >= 4 is 44.6 Å². The number of nitrogens with one attached hydrogen (secondary N) is 1. The molecule has 0 aliphatic carbocycles. The first-order chi connectivity index (χ1) is 8.63. The quantitative estimate of drug-likeness (QED) is 0.601. The van der Waals surface area contributed by atoms with E-state index in [1.165, 1.54) is 6.92 Å². The Labute approximate surface area is 117 Å². The Morgan fingerprint density at radius 2 is 2.26 bits per heavy atom. The number of halogens is 1. The molecule has 8 nitrogen and oxygen atoms in total. The number of carboxylic acids is 1. The van der Waals surface area contributed by atoms with E-state index in [1.54, 1.807) is 0 Å². The monoisotopic (exact) mass is 328 g/mol. The Bertz CT molecular complexity index is 611. The number of hydrogen-bond donors (Lipinski definition) is 2. The fourth-order valence-corrected chi connectivity index (χ4v) is 4.15. The lowest BCUT2D eigenvalue weighted by atomic mass is 10.3. The lowest BCUT2D eigenvalue weighted by Gasteiger charge is -2.10. The normalized spacial score (nSPS) is 13.2. The molecule has 1 unspecified atom stereocenters. The molecule has 0 fully saturated rings. The highest BCUT2D eigenvalue weighted by Crippen LogP contribution is 2.36. The predicted octanol–water partition coefficient (Wildman–Crippen LogP) is 1.45. The van der Waals surface area contributed by atoms with Gasteiger partial charge in [-0.1, -0.05) is 11.6 Å².